The highest BCUT2D eigenvalue weighted by Gasteiger charge is 2.33. The SMILES string of the molecule is Cc1cc(C(=O)NC2CCCc3oc(-c4ccnc(C5CC5)c4)nc32)cc(C(F)(F)F)c1. The van der Waals surface area contributed by atoms with Crippen molar-refractivity contribution in [3.63, 3.8) is 0 Å². The van der Waals surface area contributed by atoms with E-state index in [0.717, 1.165) is 42.7 Å². The monoisotopic (exact) mass is 441 g/mol. The normalized spacial score (nSPS) is 18.3. The number of benzene rings is 1. The minimum atomic E-state index is -4.51. The van der Waals surface area contributed by atoms with Crippen LogP contribution >= 0.6 is 0 Å². The van der Waals surface area contributed by atoms with Gasteiger partial charge < -0.3 is 9.73 Å². The molecule has 1 fully saturated rings. The van der Waals surface area contributed by atoms with Gasteiger partial charge in [0.25, 0.3) is 5.91 Å². The molecule has 0 spiro atoms. The van der Waals surface area contributed by atoms with Gasteiger partial charge in [-0.3, -0.25) is 9.78 Å². The van der Waals surface area contributed by atoms with E-state index in [-0.39, 0.29) is 5.56 Å². The number of halogens is 3. The van der Waals surface area contributed by atoms with Gasteiger partial charge in [0.2, 0.25) is 5.89 Å². The number of carbonyl (C=O) groups excluding carboxylic acids is 1. The van der Waals surface area contributed by atoms with Crippen LogP contribution in [0.25, 0.3) is 11.5 Å². The number of pyridine rings is 1. The molecule has 0 saturated heterocycles. The molecule has 1 unspecified atom stereocenters. The second kappa shape index (κ2) is 7.76. The maximum Gasteiger partial charge on any atom is 0.416 e. The van der Waals surface area contributed by atoms with Crippen molar-refractivity contribution in [3.05, 3.63) is 70.4 Å². The molecule has 1 saturated carbocycles. The van der Waals surface area contributed by atoms with Crippen LogP contribution in [0.3, 0.4) is 0 Å². The van der Waals surface area contributed by atoms with Crippen LogP contribution in [0, 0.1) is 6.92 Å². The van der Waals surface area contributed by atoms with Crippen LogP contribution in [-0.4, -0.2) is 15.9 Å². The van der Waals surface area contributed by atoms with Crippen LogP contribution < -0.4 is 5.32 Å². The third-order valence-corrected chi connectivity index (χ3v) is 5.95. The Balaban J connectivity index is 1.40. The van der Waals surface area contributed by atoms with Gasteiger partial charge in [-0.15, -0.1) is 0 Å². The van der Waals surface area contributed by atoms with E-state index in [1.807, 2.05) is 12.1 Å². The first-order valence-corrected chi connectivity index (χ1v) is 10.7. The summed E-state index contributed by atoms with van der Waals surface area (Å²) in [5.74, 6) is 1.14. The molecule has 5 rings (SSSR count). The van der Waals surface area contributed by atoms with Gasteiger partial charge >= 0.3 is 6.18 Å². The highest BCUT2D eigenvalue weighted by molar-refractivity contribution is 5.95. The number of alkyl halides is 3. The van der Waals surface area contributed by atoms with Crippen molar-refractivity contribution >= 4 is 5.91 Å². The van der Waals surface area contributed by atoms with Crippen LogP contribution in [0.1, 0.15) is 76.3 Å². The summed E-state index contributed by atoms with van der Waals surface area (Å²) >= 11 is 0. The fourth-order valence-electron chi connectivity index (χ4n) is 4.19. The summed E-state index contributed by atoms with van der Waals surface area (Å²) in [7, 11) is 0. The second-order valence-electron chi connectivity index (χ2n) is 8.57. The van der Waals surface area contributed by atoms with Gasteiger partial charge in [0.15, 0.2) is 0 Å². The van der Waals surface area contributed by atoms with Gasteiger partial charge in [-0.05, 0) is 68.5 Å². The summed E-state index contributed by atoms with van der Waals surface area (Å²) in [5, 5.41) is 2.86. The maximum absolute atomic E-state index is 13.2. The lowest BCUT2D eigenvalue weighted by Gasteiger charge is -2.21. The van der Waals surface area contributed by atoms with Gasteiger partial charge in [-0.2, -0.15) is 13.2 Å². The Morgan fingerprint density at radius 2 is 1.97 bits per heavy atom. The topological polar surface area (TPSA) is 68.0 Å². The predicted molar refractivity (Wildman–Crippen MR) is 111 cm³/mol. The number of carbonyl (C=O) groups is 1. The lowest BCUT2D eigenvalue weighted by molar-refractivity contribution is -0.137. The molecule has 5 nitrogen and oxygen atoms in total. The van der Waals surface area contributed by atoms with E-state index in [1.54, 1.807) is 13.1 Å². The van der Waals surface area contributed by atoms with E-state index in [0.29, 0.717) is 41.7 Å². The molecular weight excluding hydrogens is 419 g/mol. The lowest BCUT2D eigenvalue weighted by Crippen LogP contribution is -2.31. The predicted octanol–water partition coefficient (Wildman–Crippen LogP) is 5.75. The number of nitrogens with zero attached hydrogens (tertiary/aromatic N) is 2. The average molecular weight is 441 g/mol. The number of nitrogens with one attached hydrogen (secondary N) is 1. The Labute approximate surface area is 183 Å². The van der Waals surface area contributed by atoms with Crippen molar-refractivity contribution < 1.29 is 22.4 Å². The van der Waals surface area contributed by atoms with Crippen molar-refractivity contribution in [1.82, 2.24) is 15.3 Å². The Kier molecular flexibility index (Phi) is 5.03. The standard InChI is InChI=1S/C24H22F3N3O2/c1-13-9-16(11-17(10-13)24(25,26)27)22(31)29-18-3-2-4-20-21(18)30-23(32-20)15-7-8-28-19(12-15)14-5-6-14/h7-12,14,18H,2-6H2,1H3,(H,29,31). The molecule has 1 atom stereocenters. The van der Waals surface area contributed by atoms with Crippen LogP contribution in [0.5, 0.6) is 0 Å². The molecule has 32 heavy (non-hydrogen) atoms. The van der Waals surface area contributed by atoms with Crippen LogP contribution in [-0.2, 0) is 12.6 Å². The van der Waals surface area contributed by atoms with Gasteiger partial charge in [0, 0.05) is 35.4 Å². The summed E-state index contributed by atoms with van der Waals surface area (Å²) < 4.78 is 45.5. The van der Waals surface area contributed by atoms with Crippen molar-refractivity contribution in [2.24, 2.45) is 0 Å². The van der Waals surface area contributed by atoms with Crippen molar-refractivity contribution in [2.75, 3.05) is 0 Å². The molecule has 0 radical (unpaired) electrons. The van der Waals surface area contributed by atoms with E-state index >= 15 is 0 Å². The van der Waals surface area contributed by atoms with Crippen LogP contribution in [0.4, 0.5) is 13.2 Å². The Bertz CT molecular complexity index is 1180. The molecule has 0 bridgehead atoms. The summed E-state index contributed by atoms with van der Waals surface area (Å²) in [6, 6.07) is 6.80. The first-order valence-electron chi connectivity index (χ1n) is 10.7. The highest BCUT2D eigenvalue weighted by atomic mass is 19.4. The number of aryl methyl sites for hydroxylation is 2. The van der Waals surface area contributed by atoms with Gasteiger partial charge in [-0.25, -0.2) is 4.98 Å². The van der Waals surface area contributed by atoms with E-state index < -0.39 is 23.7 Å². The van der Waals surface area contributed by atoms with Crippen molar-refractivity contribution in [3.8, 4) is 11.5 Å². The molecule has 3 aromatic rings. The fourth-order valence-corrected chi connectivity index (χ4v) is 4.19. The number of hydrogen-bond donors (Lipinski definition) is 1. The summed E-state index contributed by atoms with van der Waals surface area (Å²) in [6.07, 6.45) is 1.66. The Morgan fingerprint density at radius 3 is 2.72 bits per heavy atom. The van der Waals surface area contributed by atoms with Gasteiger partial charge in [0.05, 0.1) is 11.6 Å². The molecule has 2 aliphatic carbocycles. The third-order valence-electron chi connectivity index (χ3n) is 5.95. The molecule has 1 aromatic carbocycles. The number of oxazole rings is 1. The number of rotatable bonds is 4. The number of amides is 1. The van der Waals surface area contributed by atoms with E-state index in [9.17, 15) is 18.0 Å². The Hall–Kier alpha value is -3.16. The quantitative estimate of drug-likeness (QED) is 0.560. The zero-order valence-electron chi connectivity index (χ0n) is 17.5. The number of aromatic nitrogens is 2. The van der Waals surface area contributed by atoms with Gasteiger partial charge in [-0.1, -0.05) is 0 Å². The molecule has 1 amide bonds. The maximum atomic E-state index is 13.2. The van der Waals surface area contributed by atoms with Crippen molar-refractivity contribution in [2.45, 2.75) is 57.2 Å². The van der Waals surface area contributed by atoms with E-state index in [2.05, 4.69) is 15.3 Å². The first kappa shape index (κ1) is 20.7. The fraction of sp³-hybridized carbons (Fsp3) is 0.375. The zero-order chi connectivity index (χ0) is 22.5. The van der Waals surface area contributed by atoms with Crippen LogP contribution in [0.15, 0.2) is 40.9 Å². The van der Waals surface area contributed by atoms with E-state index in [4.69, 9.17) is 4.42 Å². The highest BCUT2D eigenvalue weighted by Crippen LogP contribution is 2.40. The molecule has 166 valence electrons. The summed E-state index contributed by atoms with van der Waals surface area (Å²) in [6.45, 7) is 1.54. The first-order chi connectivity index (χ1) is 15.3. The zero-order valence-corrected chi connectivity index (χ0v) is 17.5. The van der Waals surface area contributed by atoms with Gasteiger partial charge in [0.1, 0.15) is 11.5 Å². The summed E-state index contributed by atoms with van der Waals surface area (Å²) in [4.78, 5) is 21.9. The third kappa shape index (κ3) is 4.13. The molecule has 1 N–H and O–H groups in total. The molecule has 2 aromatic heterocycles. The largest absolute Gasteiger partial charge is 0.441 e. The number of fused-ring (bicyclic) bond motifs is 1. The molecule has 0 aliphatic heterocycles. The molecule has 8 heteroatoms. The second-order valence-corrected chi connectivity index (χ2v) is 8.57. The summed E-state index contributed by atoms with van der Waals surface area (Å²) in [5.41, 5.74) is 2.05. The minimum absolute atomic E-state index is 0.0172. The molecular formula is C24H22F3N3O2. The molecule has 2 heterocycles. The lowest BCUT2D eigenvalue weighted by atomic mass is 9.96. The molecule has 2 aliphatic rings. The van der Waals surface area contributed by atoms with Crippen LogP contribution in [0.2, 0.25) is 0 Å². The van der Waals surface area contributed by atoms with E-state index in [1.165, 1.54) is 6.07 Å². The average Bonchev–Trinajstić information content (AvgIpc) is 3.51. The minimum Gasteiger partial charge on any atom is -0.441 e. The Morgan fingerprint density at radius 1 is 1.16 bits per heavy atom. The van der Waals surface area contributed by atoms with Crippen molar-refractivity contribution in [1.29, 1.82) is 0 Å². The number of hydrogen-bond acceptors (Lipinski definition) is 4. The smallest absolute Gasteiger partial charge is 0.416 e.